The molecule has 0 saturated heterocycles. The molecule has 0 atom stereocenters. The highest BCUT2D eigenvalue weighted by atomic mass is 35.5. The Labute approximate surface area is 166 Å². The van der Waals surface area contributed by atoms with Crippen LogP contribution in [0, 0.1) is 0 Å². The fraction of sp³-hybridized carbons (Fsp3) is 0.263. The van der Waals surface area contributed by atoms with Crippen LogP contribution in [0.1, 0.15) is 5.82 Å². The fourth-order valence-corrected chi connectivity index (χ4v) is 4.00. The summed E-state index contributed by atoms with van der Waals surface area (Å²) in [6.07, 6.45) is 2.04. The zero-order valence-electron chi connectivity index (χ0n) is 14.4. The first-order chi connectivity index (χ1) is 12.7. The molecule has 1 amide bonds. The molecule has 0 aliphatic heterocycles. The topological polar surface area (TPSA) is 46.9 Å². The van der Waals surface area contributed by atoms with E-state index in [1.807, 2.05) is 59.4 Å². The first kappa shape index (κ1) is 19.1. The summed E-state index contributed by atoms with van der Waals surface area (Å²) in [5, 5.41) is 3.73. The van der Waals surface area contributed by atoms with Crippen molar-refractivity contribution in [2.45, 2.75) is 17.2 Å². The van der Waals surface area contributed by atoms with Crippen molar-refractivity contribution in [3.63, 3.8) is 0 Å². The van der Waals surface area contributed by atoms with Gasteiger partial charge in [0.05, 0.1) is 16.8 Å². The van der Waals surface area contributed by atoms with Crippen LogP contribution in [0.5, 0.6) is 0 Å². The molecule has 7 heteroatoms. The summed E-state index contributed by atoms with van der Waals surface area (Å²) in [6, 6.07) is 15.7. The molecule has 1 aromatic heterocycles. The number of hydrogen-bond acceptors (Lipinski definition) is 4. The van der Waals surface area contributed by atoms with Crippen molar-refractivity contribution < 1.29 is 4.79 Å². The maximum absolute atomic E-state index is 12.4. The second-order valence-electron chi connectivity index (χ2n) is 5.69. The summed E-state index contributed by atoms with van der Waals surface area (Å²) >= 11 is 9.28. The lowest BCUT2D eigenvalue weighted by atomic mass is 10.3. The Kier molecular flexibility index (Phi) is 6.88. The number of halogens is 1. The van der Waals surface area contributed by atoms with Crippen LogP contribution < -0.4 is 5.32 Å². The zero-order valence-corrected chi connectivity index (χ0v) is 16.8. The molecule has 3 rings (SSSR count). The molecule has 0 aliphatic rings. The quantitative estimate of drug-likeness (QED) is 0.444. The number of carbonyl (C=O) groups excluding carboxylic acids is 1. The van der Waals surface area contributed by atoms with Gasteiger partial charge in [-0.2, -0.15) is 11.8 Å². The lowest BCUT2D eigenvalue weighted by Gasteiger charge is -2.09. The van der Waals surface area contributed by atoms with E-state index in [9.17, 15) is 4.79 Å². The van der Waals surface area contributed by atoms with E-state index in [4.69, 9.17) is 11.6 Å². The molecule has 2 aromatic carbocycles. The van der Waals surface area contributed by atoms with Gasteiger partial charge in [0.15, 0.2) is 0 Å². The summed E-state index contributed by atoms with van der Waals surface area (Å²) in [5.41, 5.74) is 1.94. The molecule has 0 bridgehead atoms. The number of nitrogens with one attached hydrogen (secondary N) is 1. The highest BCUT2D eigenvalue weighted by molar-refractivity contribution is 7.99. The predicted octanol–water partition coefficient (Wildman–Crippen LogP) is 4.46. The number of hydrogen-bond donors (Lipinski definition) is 1. The van der Waals surface area contributed by atoms with Crippen LogP contribution in [0.3, 0.4) is 0 Å². The molecule has 1 heterocycles. The van der Waals surface area contributed by atoms with Crippen LogP contribution in [0.25, 0.3) is 11.0 Å². The van der Waals surface area contributed by atoms with Crippen LogP contribution >= 0.6 is 35.1 Å². The third-order valence-electron chi connectivity index (χ3n) is 3.82. The SMILES string of the molecule is CSCc1nc2ccccc2n1CC(=O)NCCSc1ccc(Cl)cc1. The molecular formula is C19H20ClN3OS2. The smallest absolute Gasteiger partial charge is 0.240 e. The summed E-state index contributed by atoms with van der Waals surface area (Å²) in [4.78, 5) is 18.2. The number of rotatable bonds is 8. The Morgan fingerprint density at radius 2 is 1.96 bits per heavy atom. The number of para-hydroxylation sites is 2. The lowest BCUT2D eigenvalue weighted by molar-refractivity contribution is -0.121. The van der Waals surface area contributed by atoms with Gasteiger partial charge in [-0.05, 0) is 42.7 Å². The Hall–Kier alpha value is -1.63. The second-order valence-corrected chi connectivity index (χ2v) is 8.16. The molecule has 0 saturated carbocycles. The maximum atomic E-state index is 12.4. The Bertz CT molecular complexity index is 880. The van der Waals surface area contributed by atoms with Crippen molar-refractivity contribution in [2.24, 2.45) is 0 Å². The number of aromatic nitrogens is 2. The van der Waals surface area contributed by atoms with Crippen LogP contribution in [0.2, 0.25) is 5.02 Å². The Morgan fingerprint density at radius 1 is 1.19 bits per heavy atom. The summed E-state index contributed by atoms with van der Waals surface area (Å²) in [6.45, 7) is 0.915. The number of nitrogens with zero attached hydrogens (tertiary/aromatic N) is 2. The van der Waals surface area contributed by atoms with Crippen molar-refractivity contribution in [1.29, 1.82) is 0 Å². The Balaban J connectivity index is 1.55. The van der Waals surface area contributed by atoms with E-state index < -0.39 is 0 Å². The molecule has 26 heavy (non-hydrogen) atoms. The van der Waals surface area contributed by atoms with Crippen molar-refractivity contribution >= 4 is 52.1 Å². The van der Waals surface area contributed by atoms with Crippen LogP contribution in [0.4, 0.5) is 0 Å². The van der Waals surface area contributed by atoms with Crippen molar-refractivity contribution in [2.75, 3.05) is 18.6 Å². The number of amides is 1. The minimum Gasteiger partial charge on any atom is -0.354 e. The maximum Gasteiger partial charge on any atom is 0.240 e. The van der Waals surface area contributed by atoms with Crippen LogP contribution in [-0.4, -0.2) is 34.0 Å². The third-order valence-corrected chi connectivity index (χ3v) is 5.63. The van der Waals surface area contributed by atoms with Gasteiger partial charge in [0.1, 0.15) is 12.4 Å². The first-order valence-corrected chi connectivity index (χ1v) is 11.0. The largest absolute Gasteiger partial charge is 0.354 e. The molecule has 0 aliphatic carbocycles. The standard InChI is InChI=1S/C19H20ClN3OS2/c1-25-13-18-22-16-4-2-3-5-17(16)23(18)12-19(24)21-10-11-26-15-8-6-14(20)7-9-15/h2-9H,10-13H2,1H3,(H,21,24). The van der Waals surface area contributed by atoms with E-state index in [2.05, 4.69) is 10.3 Å². The number of benzene rings is 2. The van der Waals surface area contributed by atoms with E-state index >= 15 is 0 Å². The van der Waals surface area contributed by atoms with E-state index in [0.29, 0.717) is 13.1 Å². The van der Waals surface area contributed by atoms with Crippen molar-refractivity contribution in [3.05, 3.63) is 59.4 Å². The number of thioether (sulfide) groups is 2. The van der Waals surface area contributed by atoms with Crippen molar-refractivity contribution in [1.82, 2.24) is 14.9 Å². The van der Waals surface area contributed by atoms with Gasteiger partial charge < -0.3 is 9.88 Å². The van der Waals surface area contributed by atoms with Crippen molar-refractivity contribution in [3.8, 4) is 0 Å². The minimum absolute atomic E-state index is 0.00668. The van der Waals surface area contributed by atoms with Gasteiger partial charge in [-0.15, -0.1) is 11.8 Å². The summed E-state index contributed by atoms with van der Waals surface area (Å²) in [5.74, 6) is 2.54. The van der Waals surface area contributed by atoms with Gasteiger partial charge in [-0.1, -0.05) is 23.7 Å². The van der Waals surface area contributed by atoms with Gasteiger partial charge in [-0.3, -0.25) is 4.79 Å². The lowest BCUT2D eigenvalue weighted by Crippen LogP contribution is -2.29. The van der Waals surface area contributed by atoms with E-state index in [1.165, 1.54) is 0 Å². The Morgan fingerprint density at radius 3 is 2.73 bits per heavy atom. The molecule has 0 unspecified atom stereocenters. The van der Waals surface area contributed by atoms with Gasteiger partial charge in [0.2, 0.25) is 5.91 Å². The summed E-state index contributed by atoms with van der Waals surface area (Å²) in [7, 11) is 0. The molecule has 4 nitrogen and oxygen atoms in total. The highest BCUT2D eigenvalue weighted by Gasteiger charge is 2.12. The average Bonchev–Trinajstić information content (AvgIpc) is 2.98. The monoisotopic (exact) mass is 405 g/mol. The normalized spacial score (nSPS) is 11.0. The van der Waals surface area contributed by atoms with Gasteiger partial charge >= 0.3 is 0 Å². The van der Waals surface area contributed by atoms with E-state index in [0.717, 1.165) is 38.3 Å². The van der Waals surface area contributed by atoms with Gasteiger partial charge in [-0.25, -0.2) is 4.98 Å². The minimum atomic E-state index is 0.00668. The highest BCUT2D eigenvalue weighted by Crippen LogP contribution is 2.20. The van der Waals surface area contributed by atoms with E-state index in [1.54, 1.807) is 23.5 Å². The van der Waals surface area contributed by atoms with Crippen LogP contribution in [-0.2, 0) is 17.1 Å². The van der Waals surface area contributed by atoms with Gasteiger partial charge in [0, 0.05) is 22.2 Å². The fourth-order valence-electron chi connectivity index (χ4n) is 2.63. The van der Waals surface area contributed by atoms with Crippen LogP contribution in [0.15, 0.2) is 53.4 Å². The predicted molar refractivity (Wildman–Crippen MR) is 112 cm³/mol. The van der Waals surface area contributed by atoms with Gasteiger partial charge in [0.25, 0.3) is 0 Å². The number of carbonyl (C=O) groups is 1. The molecule has 0 fully saturated rings. The van der Waals surface area contributed by atoms with E-state index in [-0.39, 0.29) is 5.91 Å². The third kappa shape index (κ3) is 4.96. The molecule has 1 N–H and O–H groups in total. The second kappa shape index (κ2) is 9.35. The molecule has 136 valence electrons. The molecular weight excluding hydrogens is 386 g/mol. The first-order valence-electron chi connectivity index (χ1n) is 8.25. The molecule has 3 aromatic rings. The number of fused-ring (bicyclic) bond motifs is 1. The average molecular weight is 406 g/mol. The zero-order chi connectivity index (χ0) is 18.4. The molecule has 0 radical (unpaired) electrons. The molecule has 0 spiro atoms. The number of imidazole rings is 1. The summed E-state index contributed by atoms with van der Waals surface area (Å²) < 4.78 is 2.01.